The average molecular weight is 413 g/mol. The molecule has 1 amide bonds. The Kier molecular flexibility index (Phi) is 6.20. The highest BCUT2D eigenvalue weighted by molar-refractivity contribution is 7.89. The van der Waals surface area contributed by atoms with E-state index in [-0.39, 0.29) is 17.3 Å². The highest BCUT2D eigenvalue weighted by atomic mass is 32.2. The van der Waals surface area contributed by atoms with Crippen LogP contribution in [0.5, 0.6) is 0 Å². The molecule has 0 unspecified atom stereocenters. The summed E-state index contributed by atoms with van der Waals surface area (Å²) in [6.07, 6.45) is 2.20. The number of fused-ring (bicyclic) bond motifs is 1. The van der Waals surface area contributed by atoms with Gasteiger partial charge in [-0.05, 0) is 30.3 Å². The molecule has 2 aromatic carbocycles. The maximum Gasteiger partial charge on any atom is 0.253 e. The van der Waals surface area contributed by atoms with Crippen molar-refractivity contribution in [3.8, 4) is 0 Å². The molecule has 6 nitrogen and oxygen atoms in total. The first-order valence-corrected chi connectivity index (χ1v) is 10.8. The molecule has 3 rings (SSSR count). The SMILES string of the molecule is C=CCNS(=O)(=O)c1ccc(C(=O)N(C)Cc2c(CC)oc3ccccc23)cc1. The molecule has 0 aliphatic carbocycles. The van der Waals surface area contributed by atoms with Crippen LogP contribution in [-0.2, 0) is 23.0 Å². The van der Waals surface area contributed by atoms with Gasteiger partial charge in [-0.3, -0.25) is 4.79 Å². The Balaban J connectivity index is 1.80. The topological polar surface area (TPSA) is 79.6 Å². The second kappa shape index (κ2) is 8.63. The maximum absolute atomic E-state index is 12.9. The molecule has 0 atom stereocenters. The Morgan fingerprint density at radius 3 is 2.52 bits per heavy atom. The Bertz CT molecular complexity index is 1130. The molecule has 0 aliphatic heterocycles. The number of para-hydroxylation sites is 1. The minimum atomic E-state index is -3.62. The Morgan fingerprint density at radius 1 is 1.17 bits per heavy atom. The maximum atomic E-state index is 12.9. The van der Waals surface area contributed by atoms with Crippen molar-refractivity contribution >= 4 is 26.9 Å². The molecule has 1 aromatic heterocycles. The summed E-state index contributed by atoms with van der Waals surface area (Å²) in [5.74, 6) is 0.668. The number of carbonyl (C=O) groups is 1. The molecule has 0 radical (unpaired) electrons. The first-order chi connectivity index (χ1) is 13.9. The molecule has 0 aliphatic rings. The molecule has 7 heteroatoms. The Morgan fingerprint density at radius 2 is 1.86 bits per heavy atom. The zero-order chi connectivity index (χ0) is 21.0. The molecule has 0 saturated heterocycles. The lowest BCUT2D eigenvalue weighted by molar-refractivity contribution is 0.0785. The number of benzene rings is 2. The van der Waals surface area contributed by atoms with Crippen LogP contribution in [0.2, 0.25) is 0 Å². The highest BCUT2D eigenvalue weighted by Gasteiger charge is 2.19. The van der Waals surface area contributed by atoms with Crippen molar-refractivity contribution in [3.05, 3.63) is 78.1 Å². The number of carbonyl (C=O) groups excluding carboxylic acids is 1. The molecular formula is C22H24N2O4S. The number of amides is 1. The zero-order valence-electron chi connectivity index (χ0n) is 16.5. The number of nitrogens with zero attached hydrogens (tertiary/aromatic N) is 1. The average Bonchev–Trinajstić information content (AvgIpc) is 3.09. The van der Waals surface area contributed by atoms with Crippen LogP contribution < -0.4 is 4.72 Å². The monoisotopic (exact) mass is 412 g/mol. The van der Waals surface area contributed by atoms with Gasteiger partial charge < -0.3 is 9.32 Å². The second-order valence-corrected chi connectivity index (χ2v) is 8.45. The molecule has 1 heterocycles. The summed E-state index contributed by atoms with van der Waals surface area (Å²) < 4.78 is 32.6. The van der Waals surface area contributed by atoms with Crippen LogP contribution in [0, 0.1) is 0 Å². The summed E-state index contributed by atoms with van der Waals surface area (Å²) in [6, 6.07) is 13.7. The van der Waals surface area contributed by atoms with E-state index in [1.807, 2.05) is 31.2 Å². The number of furan rings is 1. The van der Waals surface area contributed by atoms with Gasteiger partial charge in [0.25, 0.3) is 5.91 Å². The van der Waals surface area contributed by atoms with Crippen LogP contribution >= 0.6 is 0 Å². The van der Waals surface area contributed by atoms with Gasteiger partial charge in [0.2, 0.25) is 10.0 Å². The third-order valence-electron chi connectivity index (χ3n) is 4.67. The van der Waals surface area contributed by atoms with E-state index in [0.29, 0.717) is 12.1 Å². The van der Waals surface area contributed by atoms with Crippen LogP contribution in [0.25, 0.3) is 11.0 Å². The summed E-state index contributed by atoms with van der Waals surface area (Å²) in [6.45, 7) is 6.05. The quantitative estimate of drug-likeness (QED) is 0.572. The van der Waals surface area contributed by atoms with Gasteiger partial charge in [-0.25, -0.2) is 13.1 Å². The van der Waals surface area contributed by atoms with Gasteiger partial charge in [0.15, 0.2) is 0 Å². The third-order valence-corrected chi connectivity index (χ3v) is 6.11. The largest absolute Gasteiger partial charge is 0.461 e. The van der Waals surface area contributed by atoms with Crippen molar-refractivity contribution < 1.29 is 17.6 Å². The van der Waals surface area contributed by atoms with Crippen molar-refractivity contribution in [3.63, 3.8) is 0 Å². The van der Waals surface area contributed by atoms with Crippen molar-refractivity contribution in [1.29, 1.82) is 0 Å². The van der Waals surface area contributed by atoms with E-state index in [4.69, 9.17) is 4.42 Å². The standard InChI is InChI=1S/C22H24N2O4S/c1-4-14-23-29(26,27)17-12-10-16(11-13-17)22(25)24(3)15-19-18-8-6-7-9-21(18)28-20(19)5-2/h4,6-13,23H,1,5,14-15H2,2-3H3. The Hall–Kier alpha value is -2.90. The summed E-state index contributed by atoms with van der Waals surface area (Å²) in [5, 5.41) is 0.999. The fourth-order valence-corrected chi connectivity index (χ4v) is 4.16. The molecule has 0 bridgehead atoms. The predicted molar refractivity (Wildman–Crippen MR) is 113 cm³/mol. The minimum Gasteiger partial charge on any atom is -0.461 e. The van der Waals surface area contributed by atoms with Gasteiger partial charge in [0, 0.05) is 43.1 Å². The van der Waals surface area contributed by atoms with E-state index in [0.717, 1.165) is 28.7 Å². The van der Waals surface area contributed by atoms with Gasteiger partial charge in [0.05, 0.1) is 4.90 Å². The normalized spacial score (nSPS) is 11.5. The number of sulfonamides is 1. The molecule has 3 aromatic rings. The zero-order valence-corrected chi connectivity index (χ0v) is 17.3. The van der Waals surface area contributed by atoms with Crippen LogP contribution in [-0.4, -0.2) is 32.8 Å². The third kappa shape index (κ3) is 4.41. The van der Waals surface area contributed by atoms with Gasteiger partial charge in [0.1, 0.15) is 11.3 Å². The molecular weight excluding hydrogens is 388 g/mol. The summed E-state index contributed by atoms with van der Waals surface area (Å²) in [5.41, 5.74) is 2.22. The van der Waals surface area contributed by atoms with E-state index in [2.05, 4.69) is 11.3 Å². The molecule has 0 fully saturated rings. The first kappa shape index (κ1) is 20.8. The highest BCUT2D eigenvalue weighted by Crippen LogP contribution is 2.27. The summed E-state index contributed by atoms with van der Waals surface area (Å²) in [4.78, 5) is 14.6. The van der Waals surface area contributed by atoms with E-state index in [1.165, 1.54) is 30.3 Å². The second-order valence-electron chi connectivity index (χ2n) is 6.68. The van der Waals surface area contributed by atoms with Crippen molar-refractivity contribution in [2.45, 2.75) is 24.8 Å². The van der Waals surface area contributed by atoms with E-state index in [9.17, 15) is 13.2 Å². The van der Waals surface area contributed by atoms with E-state index in [1.54, 1.807) is 11.9 Å². The molecule has 0 saturated carbocycles. The number of nitrogens with one attached hydrogen (secondary N) is 1. The Labute approximate surface area is 170 Å². The lowest BCUT2D eigenvalue weighted by Gasteiger charge is -2.18. The summed E-state index contributed by atoms with van der Waals surface area (Å²) >= 11 is 0. The fraction of sp³-hybridized carbons (Fsp3) is 0.227. The summed E-state index contributed by atoms with van der Waals surface area (Å²) in [7, 11) is -1.90. The number of rotatable bonds is 8. The molecule has 29 heavy (non-hydrogen) atoms. The molecule has 152 valence electrons. The van der Waals surface area contributed by atoms with E-state index >= 15 is 0 Å². The molecule has 0 spiro atoms. The number of hydrogen-bond acceptors (Lipinski definition) is 4. The minimum absolute atomic E-state index is 0.104. The smallest absolute Gasteiger partial charge is 0.253 e. The fourth-order valence-electron chi connectivity index (χ4n) is 3.17. The lowest BCUT2D eigenvalue weighted by atomic mass is 10.1. The van der Waals surface area contributed by atoms with Crippen LogP contribution in [0.4, 0.5) is 0 Å². The van der Waals surface area contributed by atoms with Crippen molar-refractivity contribution in [2.75, 3.05) is 13.6 Å². The van der Waals surface area contributed by atoms with Gasteiger partial charge in [-0.1, -0.05) is 31.2 Å². The van der Waals surface area contributed by atoms with Crippen molar-refractivity contribution in [2.24, 2.45) is 0 Å². The van der Waals surface area contributed by atoms with Crippen LogP contribution in [0.15, 0.2) is 70.5 Å². The number of aryl methyl sites for hydroxylation is 1. The first-order valence-electron chi connectivity index (χ1n) is 9.32. The van der Waals surface area contributed by atoms with Crippen molar-refractivity contribution in [1.82, 2.24) is 9.62 Å². The van der Waals surface area contributed by atoms with E-state index < -0.39 is 10.0 Å². The lowest BCUT2D eigenvalue weighted by Crippen LogP contribution is -2.27. The van der Waals surface area contributed by atoms with Gasteiger partial charge >= 0.3 is 0 Å². The van der Waals surface area contributed by atoms with Gasteiger partial charge in [-0.15, -0.1) is 6.58 Å². The van der Waals surface area contributed by atoms with Crippen LogP contribution in [0.3, 0.4) is 0 Å². The predicted octanol–water partition coefficient (Wildman–Crippen LogP) is 3.73. The van der Waals surface area contributed by atoms with Gasteiger partial charge in [-0.2, -0.15) is 0 Å². The molecule has 1 N–H and O–H groups in total. The van der Waals surface area contributed by atoms with Crippen LogP contribution in [0.1, 0.15) is 28.6 Å². The number of hydrogen-bond donors (Lipinski definition) is 1.